The number of aliphatic hydroxyl groups excluding tert-OH is 1. The lowest BCUT2D eigenvalue weighted by Crippen LogP contribution is -2.29. The highest BCUT2D eigenvalue weighted by Crippen LogP contribution is 2.32. The van der Waals surface area contributed by atoms with Crippen molar-refractivity contribution >= 4 is 34.3 Å². The summed E-state index contributed by atoms with van der Waals surface area (Å²) in [5, 5.41) is 9.92. The molecule has 22 heavy (non-hydrogen) atoms. The third-order valence-corrected chi connectivity index (χ3v) is 4.23. The van der Waals surface area contributed by atoms with Gasteiger partial charge >= 0.3 is 0 Å². The fourth-order valence-electron chi connectivity index (χ4n) is 2.88. The highest BCUT2D eigenvalue weighted by atomic mass is 35.5. The number of piperidine rings is 1. The number of aromatic nitrogens is 1. The summed E-state index contributed by atoms with van der Waals surface area (Å²) in [7, 11) is 0. The first-order chi connectivity index (χ1) is 10.7. The lowest BCUT2D eigenvalue weighted by Gasteiger charge is -2.30. The Morgan fingerprint density at radius 1 is 1.23 bits per heavy atom. The molecular formula is C17H18ClFN2O. The summed E-state index contributed by atoms with van der Waals surface area (Å²) in [6.07, 6.45) is 6.92. The van der Waals surface area contributed by atoms with Crippen LogP contribution in [0.15, 0.2) is 24.3 Å². The van der Waals surface area contributed by atoms with E-state index < -0.39 is 5.82 Å². The van der Waals surface area contributed by atoms with E-state index in [9.17, 15) is 4.39 Å². The largest absolute Gasteiger partial charge is 0.392 e. The number of aliphatic hydroxyl groups is 1. The summed E-state index contributed by atoms with van der Waals surface area (Å²) in [6, 6.07) is 5.01. The fourth-order valence-corrected chi connectivity index (χ4v) is 3.04. The van der Waals surface area contributed by atoms with Crippen LogP contribution in [0.2, 0.25) is 5.02 Å². The third-order valence-electron chi connectivity index (χ3n) is 3.94. The van der Waals surface area contributed by atoms with Crippen molar-refractivity contribution in [1.82, 2.24) is 4.98 Å². The van der Waals surface area contributed by atoms with E-state index in [0.29, 0.717) is 11.2 Å². The minimum atomic E-state index is -0.463. The summed E-state index contributed by atoms with van der Waals surface area (Å²) in [6.45, 7) is 1.92. The van der Waals surface area contributed by atoms with E-state index in [2.05, 4.69) is 9.88 Å². The monoisotopic (exact) mass is 320 g/mol. The fraction of sp³-hybridized carbons (Fsp3) is 0.353. The van der Waals surface area contributed by atoms with Crippen LogP contribution in [-0.2, 0) is 0 Å². The van der Waals surface area contributed by atoms with Gasteiger partial charge in [-0.15, -0.1) is 0 Å². The Balaban J connectivity index is 2.16. The molecule has 2 aromatic rings. The first kappa shape index (κ1) is 15.3. The van der Waals surface area contributed by atoms with Gasteiger partial charge in [0.15, 0.2) is 0 Å². The Kier molecular flexibility index (Phi) is 4.60. The second kappa shape index (κ2) is 6.63. The van der Waals surface area contributed by atoms with Gasteiger partial charge in [0.2, 0.25) is 0 Å². The highest BCUT2D eigenvalue weighted by Gasteiger charge is 2.16. The quantitative estimate of drug-likeness (QED) is 0.927. The smallest absolute Gasteiger partial charge is 0.143 e. The Labute approximate surface area is 134 Å². The predicted octanol–water partition coefficient (Wildman–Crippen LogP) is 4.02. The van der Waals surface area contributed by atoms with Gasteiger partial charge in [-0.1, -0.05) is 17.7 Å². The van der Waals surface area contributed by atoms with E-state index in [1.54, 1.807) is 18.2 Å². The van der Waals surface area contributed by atoms with Crippen molar-refractivity contribution in [3.8, 4) is 0 Å². The number of rotatable bonds is 3. The normalized spacial score (nSPS) is 15.9. The number of hydrogen-bond donors (Lipinski definition) is 1. The molecule has 1 N–H and O–H groups in total. The van der Waals surface area contributed by atoms with Crippen LogP contribution in [0.3, 0.4) is 0 Å². The molecule has 1 aliphatic rings. The number of nitrogens with zero attached hydrogens (tertiary/aromatic N) is 2. The minimum Gasteiger partial charge on any atom is -0.392 e. The molecule has 116 valence electrons. The highest BCUT2D eigenvalue weighted by molar-refractivity contribution is 6.31. The standard InChI is InChI=1S/C17H18ClFN2O/c18-14-10-13-16(11-15(14)19)20-12(5-4-8-22)9-17(13)21-6-2-1-3-7-21/h4-5,9-11,22H,1-3,6-8H2/b5-4+. The van der Waals surface area contributed by atoms with Gasteiger partial charge in [0.05, 0.1) is 22.8 Å². The topological polar surface area (TPSA) is 36.4 Å². The number of halogens is 2. The second-order valence-corrected chi connectivity index (χ2v) is 5.89. The number of benzene rings is 1. The van der Waals surface area contributed by atoms with E-state index in [0.717, 1.165) is 37.0 Å². The van der Waals surface area contributed by atoms with Crippen molar-refractivity contribution in [2.45, 2.75) is 19.3 Å². The summed E-state index contributed by atoms with van der Waals surface area (Å²) < 4.78 is 13.8. The molecule has 0 amide bonds. The van der Waals surface area contributed by atoms with Crippen LogP contribution in [0, 0.1) is 5.82 Å². The number of pyridine rings is 1. The summed E-state index contributed by atoms with van der Waals surface area (Å²) >= 11 is 5.95. The maximum atomic E-state index is 13.8. The molecule has 0 saturated carbocycles. The van der Waals surface area contributed by atoms with Gasteiger partial charge in [-0.05, 0) is 37.5 Å². The molecule has 1 fully saturated rings. The van der Waals surface area contributed by atoms with Gasteiger partial charge in [0, 0.05) is 30.2 Å². The Bertz CT molecular complexity index is 711. The lowest BCUT2D eigenvalue weighted by atomic mass is 10.1. The first-order valence-corrected chi connectivity index (χ1v) is 7.89. The molecule has 3 rings (SSSR count). The third kappa shape index (κ3) is 3.08. The SMILES string of the molecule is OC/C=C/c1cc(N2CCCCC2)c2cc(Cl)c(F)cc2n1. The van der Waals surface area contributed by atoms with Crippen molar-refractivity contribution in [3.63, 3.8) is 0 Å². The molecule has 1 aromatic heterocycles. The van der Waals surface area contributed by atoms with Crippen molar-refractivity contribution in [2.24, 2.45) is 0 Å². The van der Waals surface area contributed by atoms with Crippen molar-refractivity contribution in [3.05, 3.63) is 40.8 Å². The Morgan fingerprint density at radius 3 is 2.73 bits per heavy atom. The van der Waals surface area contributed by atoms with Crippen LogP contribution >= 0.6 is 11.6 Å². The van der Waals surface area contributed by atoms with E-state index in [4.69, 9.17) is 16.7 Å². The molecule has 0 radical (unpaired) electrons. The molecule has 1 aliphatic heterocycles. The van der Waals surface area contributed by atoms with Gasteiger partial charge in [-0.3, -0.25) is 0 Å². The average molecular weight is 321 g/mol. The van der Waals surface area contributed by atoms with Crippen LogP contribution in [0.25, 0.3) is 17.0 Å². The summed E-state index contributed by atoms with van der Waals surface area (Å²) in [5.74, 6) is -0.463. The predicted molar refractivity (Wildman–Crippen MR) is 88.9 cm³/mol. The van der Waals surface area contributed by atoms with E-state index in [1.165, 1.54) is 12.5 Å². The molecule has 0 spiro atoms. The zero-order valence-corrected chi connectivity index (χ0v) is 13.0. The zero-order valence-electron chi connectivity index (χ0n) is 12.2. The maximum Gasteiger partial charge on any atom is 0.143 e. The average Bonchev–Trinajstić information content (AvgIpc) is 2.54. The van der Waals surface area contributed by atoms with Gasteiger partial charge in [0.25, 0.3) is 0 Å². The van der Waals surface area contributed by atoms with Crippen LogP contribution in [0.4, 0.5) is 10.1 Å². The molecule has 1 saturated heterocycles. The van der Waals surface area contributed by atoms with Crippen molar-refractivity contribution in [1.29, 1.82) is 0 Å². The molecule has 0 atom stereocenters. The Morgan fingerprint density at radius 2 is 2.00 bits per heavy atom. The van der Waals surface area contributed by atoms with Crippen LogP contribution in [0.5, 0.6) is 0 Å². The molecule has 0 aliphatic carbocycles. The van der Waals surface area contributed by atoms with Crippen LogP contribution in [-0.4, -0.2) is 29.8 Å². The first-order valence-electron chi connectivity index (χ1n) is 7.51. The molecule has 0 bridgehead atoms. The van der Waals surface area contributed by atoms with Gasteiger partial charge < -0.3 is 10.0 Å². The minimum absolute atomic E-state index is 0.0479. The molecule has 3 nitrogen and oxygen atoms in total. The number of fused-ring (bicyclic) bond motifs is 1. The molecule has 5 heteroatoms. The van der Waals surface area contributed by atoms with Gasteiger partial charge in [-0.2, -0.15) is 0 Å². The van der Waals surface area contributed by atoms with E-state index in [-0.39, 0.29) is 11.6 Å². The van der Waals surface area contributed by atoms with Crippen LogP contribution in [0.1, 0.15) is 25.0 Å². The van der Waals surface area contributed by atoms with Crippen molar-refractivity contribution in [2.75, 3.05) is 24.6 Å². The second-order valence-electron chi connectivity index (χ2n) is 5.48. The number of hydrogen-bond acceptors (Lipinski definition) is 3. The Hall–Kier alpha value is -1.65. The van der Waals surface area contributed by atoms with Crippen LogP contribution < -0.4 is 4.90 Å². The molecule has 2 heterocycles. The zero-order chi connectivity index (χ0) is 15.5. The van der Waals surface area contributed by atoms with Gasteiger partial charge in [0.1, 0.15) is 5.82 Å². The molecule has 1 aromatic carbocycles. The van der Waals surface area contributed by atoms with E-state index in [1.807, 2.05) is 6.07 Å². The number of anilines is 1. The molecule has 0 unspecified atom stereocenters. The summed E-state index contributed by atoms with van der Waals surface area (Å²) in [5.41, 5.74) is 2.33. The summed E-state index contributed by atoms with van der Waals surface area (Å²) in [4.78, 5) is 6.75. The van der Waals surface area contributed by atoms with E-state index >= 15 is 0 Å². The van der Waals surface area contributed by atoms with Crippen molar-refractivity contribution < 1.29 is 9.50 Å². The maximum absolute atomic E-state index is 13.8. The molecular weight excluding hydrogens is 303 g/mol. The van der Waals surface area contributed by atoms with Gasteiger partial charge in [-0.25, -0.2) is 9.37 Å². The lowest BCUT2D eigenvalue weighted by molar-refractivity contribution is 0.343.